The molecule has 2 aromatic heterocycles. The van der Waals surface area contributed by atoms with Gasteiger partial charge in [-0.05, 0) is 13.8 Å². The van der Waals surface area contributed by atoms with Crippen molar-refractivity contribution in [2.45, 2.75) is 13.8 Å². The Balaban J connectivity index is 2.46. The minimum Gasteiger partial charge on any atom is -0.465 e. The van der Waals surface area contributed by atoms with Gasteiger partial charge in [-0.3, -0.25) is 0 Å². The molecule has 0 bridgehead atoms. The highest BCUT2D eigenvalue weighted by atomic mass is 35.5. The summed E-state index contributed by atoms with van der Waals surface area (Å²) >= 11 is 5.84. The smallest absolute Gasteiger partial charge is 0.342 e. The van der Waals surface area contributed by atoms with E-state index in [0.29, 0.717) is 11.6 Å². The topological polar surface area (TPSA) is 101 Å². The Morgan fingerprint density at radius 2 is 2.19 bits per heavy atom. The highest BCUT2D eigenvalue weighted by Crippen LogP contribution is 2.29. The van der Waals surface area contributed by atoms with Crippen molar-refractivity contribution in [3.05, 3.63) is 33.9 Å². The third-order valence-electron chi connectivity index (χ3n) is 2.63. The summed E-state index contributed by atoms with van der Waals surface area (Å²) in [5.41, 5.74) is 0.131. The van der Waals surface area contributed by atoms with Gasteiger partial charge in [0.2, 0.25) is 5.88 Å². The number of nitrogens with one attached hydrogen (secondary N) is 1. The molecule has 0 saturated carbocycles. The Morgan fingerprint density at radius 3 is 2.76 bits per heavy atom. The second-order valence-electron chi connectivity index (χ2n) is 4.09. The van der Waals surface area contributed by atoms with Crippen LogP contribution in [0.15, 0.2) is 10.5 Å². The zero-order chi connectivity index (χ0) is 15.6. The van der Waals surface area contributed by atoms with Crippen LogP contribution in [0.4, 0.5) is 11.7 Å². The van der Waals surface area contributed by atoms with Crippen molar-refractivity contribution >= 4 is 29.3 Å². The Morgan fingerprint density at radius 1 is 1.48 bits per heavy atom. The lowest BCUT2D eigenvalue weighted by Crippen LogP contribution is -2.04. The van der Waals surface area contributed by atoms with Crippen molar-refractivity contribution in [3.8, 4) is 6.07 Å². The fourth-order valence-corrected chi connectivity index (χ4v) is 2.02. The molecule has 2 aromatic rings. The average molecular weight is 307 g/mol. The third-order valence-corrected chi connectivity index (χ3v) is 2.83. The minimum absolute atomic E-state index is 0.0479. The molecule has 0 spiro atoms. The maximum Gasteiger partial charge on any atom is 0.342 e. The van der Waals surface area contributed by atoms with E-state index in [1.807, 2.05) is 6.07 Å². The Labute approximate surface area is 125 Å². The predicted molar refractivity (Wildman–Crippen MR) is 74.6 cm³/mol. The number of anilines is 2. The van der Waals surface area contributed by atoms with Crippen molar-refractivity contribution < 1.29 is 13.9 Å². The maximum absolute atomic E-state index is 11.7. The first kappa shape index (κ1) is 14.8. The van der Waals surface area contributed by atoms with Crippen LogP contribution >= 0.6 is 11.6 Å². The molecule has 1 N–H and O–H groups in total. The van der Waals surface area contributed by atoms with Gasteiger partial charge < -0.3 is 14.5 Å². The monoisotopic (exact) mass is 306 g/mol. The standard InChI is InChI=1S/C13H11ClN4O3/c1-6-11(13(19)20-3)8(5-15)12(21-6)18-10-4-9(14)16-7(2)17-10/h4H,1-3H3,(H,16,17,18). The zero-order valence-corrected chi connectivity index (χ0v) is 12.3. The van der Waals surface area contributed by atoms with Gasteiger partial charge in [0, 0.05) is 6.07 Å². The van der Waals surface area contributed by atoms with Gasteiger partial charge in [-0.2, -0.15) is 5.26 Å². The molecular formula is C13H11ClN4O3. The number of esters is 1. The number of rotatable bonds is 3. The van der Waals surface area contributed by atoms with E-state index >= 15 is 0 Å². The van der Waals surface area contributed by atoms with Gasteiger partial charge in [-0.1, -0.05) is 11.6 Å². The van der Waals surface area contributed by atoms with E-state index in [1.54, 1.807) is 13.8 Å². The molecule has 2 rings (SSSR count). The molecule has 0 unspecified atom stereocenters. The molecule has 2 heterocycles. The molecule has 0 saturated heterocycles. The summed E-state index contributed by atoms with van der Waals surface area (Å²) < 4.78 is 10.0. The van der Waals surface area contributed by atoms with Gasteiger partial charge in [0.25, 0.3) is 0 Å². The van der Waals surface area contributed by atoms with Gasteiger partial charge in [-0.25, -0.2) is 14.8 Å². The molecule has 0 aliphatic heterocycles. The number of halogens is 1. The quantitative estimate of drug-likeness (QED) is 0.687. The van der Waals surface area contributed by atoms with Crippen LogP contribution in [0.3, 0.4) is 0 Å². The number of hydrogen-bond donors (Lipinski definition) is 1. The first-order valence-electron chi connectivity index (χ1n) is 5.86. The summed E-state index contributed by atoms with van der Waals surface area (Å²) in [6.45, 7) is 3.24. The third kappa shape index (κ3) is 2.95. The number of furan rings is 1. The van der Waals surface area contributed by atoms with E-state index in [1.165, 1.54) is 13.2 Å². The fraction of sp³-hybridized carbons (Fsp3) is 0.231. The van der Waals surface area contributed by atoms with E-state index in [2.05, 4.69) is 20.0 Å². The minimum atomic E-state index is -0.641. The molecule has 0 aliphatic carbocycles. The summed E-state index contributed by atoms with van der Waals surface area (Å²) in [4.78, 5) is 19.7. The van der Waals surface area contributed by atoms with Gasteiger partial charge >= 0.3 is 5.97 Å². The number of aryl methyl sites for hydroxylation is 2. The van der Waals surface area contributed by atoms with Crippen molar-refractivity contribution in [1.82, 2.24) is 9.97 Å². The summed E-state index contributed by atoms with van der Waals surface area (Å²) in [7, 11) is 1.23. The molecule has 108 valence electrons. The number of carbonyl (C=O) groups excluding carboxylic acids is 1. The lowest BCUT2D eigenvalue weighted by Gasteiger charge is -2.04. The normalized spacial score (nSPS) is 10.0. The molecule has 0 atom stereocenters. The van der Waals surface area contributed by atoms with Gasteiger partial charge in [0.15, 0.2) is 0 Å². The number of nitrogens with zero attached hydrogens (tertiary/aromatic N) is 3. The number of nitriles is 1. The highest BCUT2D eigenvalue weighted by Gasteiger charge is 2.24. The van der Waals surface area contributed by atoms with Crippen LogP contribution in [0.5, 0.6) is 0 Å². The lowest BCUT2D eigenvalue weighted by atomic mass is 10.1. The Hall–Kier alpha value is -2.59. The Kier molecular flexibility index (Phi) is 4.10. The zero-order valence-electron chi connectivity index (χ0n) is 11.5. The van der Waals surface area contributed by atoms with Crippen LogP contribution in [0.1, 0.15) is 27.5 Å². The van der Waals surface area contributed by atoms with E-state index in [-0.39, 0.29) is 27.9 Å². The molecule has 8 heteroatoms. The molecule has 7 nitrogen and oxygen atoms in total. The Bertz CT molecular complexity index is 728. The van der Waals surface area contributed by atoms with E-state index in [9.17, 15) is 10.1 Å². The summed E-state index contributed by atoms with van der Waals surface area (Å²) in [6.07, 6.45) is 0. The molecule has 0 radical (unpaired) electrons. The van der Waals surface area contributed by atoms with Crippen molar-refractivity contribution in [1.29, 1.82) is 5.26 Å². The second kappa shape index (κ2) is 5.81. The largest absolute Gasteiger partial charge is 0.465 e. The van der Waals surface area contributed by atoms with Crippen molar-refractivity contribution in [2.75, 3.05) is 12.4 Å². The van der Waals surface area contributed by atoms with E-state index in [0.717, 1.165) is 0 Å². The van der Waals surface area contributed by atoms with Crippen molar-refractivity contribution in [3.63, 3.8) is 0 Å². The van der Waals surface area contributed by atoms with E-state index < -0.39 is 5.97 Å². The maximum atomic E-state index is 11.7. The van der Waals surface area contributed by atoms with Gasteiger partial charge in [-0.15, -0.1) is 0 Å². The summed E-state index contributed by atoms with van der Waals surface area (Å²) in [5.74, 6) is 0.550. The highest BCUT2D eigenvalue weighted by molar-refractivity contribution is 6.29. The van der Waals surface area contributed by atoms with Crippen molar-refractivity contribution in [2.24, 2.45) is 0 Å². The summed E-state index contributed by atoms with van der Waals surface area (Å²) in [6, 6.07) is 3.39. The van der Waals surface area contributed by atoms with Gasteiger partial charge in [0.1, 0.15) is 39.8 Å². The van der Waals surface area contributed by atoms with Crippen LogP contribution in [0.2, 0.25) is 5.15 Å². The average Bonchev–Trinajstić information content (AvgIpc) is 2.72. The van der Waals surface area contributed by atoms with Crippen LogP contribution < -0.4 is 5.32 Å². The number of ether oxygens (including phenoxy) is 1. The number of carbonyl (C=O) groups is 1. The molecular weight excluding hydrogens is 296 g/mol. The molecule has 0 aliphatic rings. The molecule has 0 amide bonds. The first-order chi connectivity index (χ1) is 9.96. The number of aromatic nitrogens is 2. The van der Waals surface area contributed by atoms with Crippen LogP contribution in [-0.4, -0.2) is 23.0 Å². The molecule has 0 fully saturated rings. The first-order valence-corrected chi connectivity index (χ1v) is 6.24. The van der Waals surface area contributed by atoms with E-state index in [4.69, 9.17) is 16.0 Å². The summed E-state index contributed by atoms with van der Waals surface area (Å²) in [5, 5.41) is 12.3. The fourth-order valence-electron chi connectivity index (χ4n) is 1.80. The molecule has 21 heavy (non-hydrogen) atoms. The number of hydrogen-bond acceptors (Lipinski definition) is 7. The van der Waals surface area contributed by atoms with Crippen LogP contribution in [-0.2, 0) is 4.74 Å². The van der Waals surface area contributed by atoms with Crippen LogP contribution in [0, 0.1) is 25.2 Å². The number of methoxy groups -OCH3 is 1. The molecule has 0 aromatic carbocycles. The second-order valence-corrected chi connectivity index (χ2v) is 4.48. The predicted octanol–water partition coefficient (Wildman–Crippen LogP) is 2.74. The SMILES string of the molecule is COC(=O)c1c(C)oc(Nc2cc(Cl)nc(C)n2)c1C#N. The van der Waals surface area contributed by atoms with Crippen LogP contribution in [0.25, 0.3) is 0 Å². The van der Waals surface area contributed by atoms with Gasteiger partial charge in [0.05, 0.1) is 7.11 Å². The lowest BCUT2D eigenvalue weighted by molar-refractivity contribution is 0.0598.